The molecule has 1 aliphatic heterocycles. The Labute approximate surface area is 218 Å². The molecule has 0 radical (unpaired) electrons. The summed E-state index contributed by atoms with van der Waals surface area (Å²) in [7, 11) is -3.22. The van der Waals surface area contributed by atoms with Gasteiger partial charge in [0.15, 0.2) is 10.9 Å². The van der Waals surface area contributed by atoms with Crippen molar-refractivity contribution in [2.75, 3.05) is 42.7 Å². The van der Waals surface area contributed by atoms with Crippen molar-refractivity contribution >= 4 is 67.8 Å². The Hall–Kier alpha value is -2.63. The van der Waals surface area contributed by atoms with Gasteiger partial charge in [-0.3, -0.25) is 10.1 Å². The van der Waals surface area contributed by atoms with E-state index >= 15 is 0 Å². The zero-order valence-corrected chi connectivity index (χ0v) is 21.8. The minimum absolute atomic E-state index is 0.0698. The molecule has 2 heterocycles. The van der Waals surface area contributed by atoms with Crippen LogP contribution in [0, 0.1) is 0 Å². The number of carbonyl (C=O) groups excluding carboxylic acids is 1. The molecule has 0 spiro atoms. The zero-order chi connectivity index (χ0) is 25.2. The molecule has 0 bridgehead atoms. The van der Waals surface area contributed by atoms with Crippen molar-refractivity contribution in [1.29, 1.82) is 0 Å². The highest BCUT2D eigenvalue weighted by Gasteiger charge is 2.25. The van der Waals surface area contributed by atoms with Gasteiger partial charge in [-0.15, -0.1) is 0 Å². The third kappa shape index (κ3) is 6.14. The highest BCUT2D eigenvalue weighted by Crippen LogP contribution is 2.31. The van der Waals surface area contributed by atoms with E-state index in [1.54, 1.807) is 24.3 Å². The number of furan rings is 1. The Morgan fingerprint density at radius 3 is 2.43 bits per heavy atom. The largest absolute Gasteiger partial charge is 0.451 e. The maximum absolute atomic E-state index is 12.7. The molecular weight excluding hydrogens is 531 g/mol. The number of para-hydroxylation sites is 2. The van der Waals surface area contributed by atoms with Crippen molar-refractivity contribution in [2.24, 2.45) is 0 Å². The number of hydrogen-bond acceptors (Lipinski definition) is 6. The van der Waals surface area contributed by atoms with Crippen LogP contribution in [0.4, 0.5) is 11.4 Å². The maximum atomic E-state index is 12.7. The Balaban J connectivity index is 1.41. The van der Waals surface area contributed by atoms with Gasteiger partial charge in [-0.2, -0.15) is 4.31 Å². The Morgan fingerprint density at radius 1 is 1.03 bits per heavy atom. The first-order valence-electron chi connectivity index (χ1n) is 10.6. The smallest absolute Gasteiger partial charge is 0.293 e. The summed E-state index contributed by atoms with van der Waals surface area (Å²) in [5.41, 5.74) is 2.16. The number of anilines is 2. The van der Waals surface area contributed by atoms with E-state index in [0.29, 0.717) is 53.2 Å². The minimum atomic E-state index is -3.22. The number of piperazine rings is 1. The monoisotopic (exact) mass is 552 g/mol. The molecular formula is C23H22Cl2N4O4S2. The molecule has 1 aliphatic rings. The van der Waals surface area contributed by atoms with Gasteiger partial charge >= 0.3 is 0 Å². The van der Waals surface area contributed by atoms with E-state index in [1.165, 1.54) is 16.6 Å². The Kier molecular flexibility index (Phi) is 7.67. The van der Waals surface area contributed by atoms with E-state index in [9.17, 15) is 13.2 Å². The van der Waals surface area contributed by atoms with Gasteiger partial charge in [-0.25, -0.2) is 8.42 Å². The Bertz CT molecular complexity index is 1370. The number of rotatable bonds is 5. The molecule has 3 aromatic rings. The zero-order valence-electron chi connectivity index (χ0n) is 18.6. The third-order valence-electron chi connectivity index (χ3n) is 5.45. The van der Waals surface area contributed by atoms with Crippen LogP contribution in [0.15, 0.2) is 59.0 Å². The molecule has 1 fully saturated rings. The van der Waals surface area contributed by atoms with Gasteiger partial charge in [0.05, 0.1) is 22.7 Å². The van der Waals surface area contributed by atoms with E-state index in [0.717, 1.165) is 5.69 Å². The predicted octanol–water partition coefficient (Wildman–Crippen LogP) is 4.46. The van der Waals surface area contributed by atoms with Gasteiger partial charge in [0, 0.05) is 36.8 Å². The van der Waals surface area contributed by atoms with E-state index < -0.39 is 15.9 Å². The molecule has 8 nitrogen and oxygen atoms in total. The summed E-state index contributed by atoms with van der Waals surface area (Å²) in [6, 6.07) is 15.7. The van der Waals surface area contributed by atoms with Crippen molar-refractivity contribution in [3.05, 3.63) is 70.4 Å². The molecule has 1 amide bonds. The molecule has 1 aromatic heterocycles. The van der Waals surface area contributed by atoms with Crippen LogP contribution in [-0.4, -0.2) is 56.2 Å². The molecule has 0 atom stereocenters. The van der Waals surface area contributed by atoms with Gasteiger partial charge < -0.3 is 14.6 Å². The molecule has 0 saturated carbocycles. The molecule has 35 heavy (non-hydrogen) atoms. The topological polar surface area (TPSA) is 94.9 Å². The lowest BCUT2D eigenvalue weighted by atomic mass is 10.2. The van der Waals surface area contributed by atoms with Crippen LogP contribution in [0.1, 0.15) is 10.6 Å². The second-order valence-corrected chi connectivity index (χ2v) is 11.1. The van der Waals surface area contributed by atoms with E-state index in [1.807, 2.05) is 24.3 Å². The number of nitrogens with zero attached hydrogens (tertiary/aromatic N) is 2. The van der Waals surface area contributed by atoms with Gasteiger partial charge in [0.25, 0.3) is 5.91 Å². The normalized spacial score (nSPS) is 14.5. The fourth-order valence-electron chi connectivity index (χ4n) is 3.73. The number of benzene rings is 2. The van der Waals surface area contributed by atoms with E-state index in [2.05, 4.69) is 15.5 Å². The highest BCUT2D eigenvalue weighted by atomic mass is 35.5. The van der Waals surface area contributed by atoms with Crippen LogP contribution in [0.25, 0.3) is 11.3 Å². The van der Waals surface area contributed by atoms with Crippen molar-refractivity contribution < 1.29 is 17.6 Å². The van der Waals surface area contributed by atoms with E-state index in [4.69, 9.17) is 39.8 Å². The molecule has 4 rings (SSSR count). The summed E-state index contributed by atoms with van der Waals surface area (Å²) in [5.74, 6) is -0.0206. The van der Waals surface area contributed by atoms with Crippen LogP contribution >= 0.6 is 35.4 Å². The number of amides is 1. The molecule has 12 heteroatoms. The van der Waals surface area contributed by atoms with Crippen LogP contribution in [0.2, 0.25) is 10.0 Å². The average molecular weight is 553 g/mol. The SMILES string of the molecule is CS(=O)(=O)N1CCN(c2ccccc2NC(=S)NC(=O)c2ccc(-c3ccc(Cl)cc3Cl)o2)CC1. The number of carbonyl (C=O) groups is 1. The minimum Gasteiger partial charge on any atom is -0.451 e. The van der Waals surface area contributed by atoms with Gasteiger partial charge in [-0.05, 0) is 54.7 Å². The Morgan fingerprint density at radius 2 is 1.74 bits per heavy atom. The lowest BCUT2D eigenvalue weighted by Crippen LogP contribution is -2.48. The fourth-order valence-corrected chi connectivity index (χ4v) is 5.26. The van der Waals surface area contributed by atoms with Crippen LogP contribution in [-0.2, 0) is 10.0 Å². The molecule has 2 aromatic carbocycles. The predicted molar refractivity (Wildman–Crippen MR) is 143 cm³/mol. The van der Waals surface area contributed by atoms with E-state index in [-0.39, 0.29) is 10.9 Å². The van der Waals surface area contributed by atoms with Crippen LogP contribution in [0.5, 0.6) is 0 Å². The summed E-state index contributed by atoms with van der Waals surface area (Å²) >= 11 is 17.5. The number of thiocarbonyl (C=S) groups is 1. The molecule has 184 valence electrons. The average Bonchev–Trinajstić information content (AvgIpc) is 3.29. The first-order valence-corrected chi connectivity index (χ1v) is 13.6. The number of hydrogen-bond donors (Lipinski definition) is 2. The van der Waals surface area contributed by atoms with Crippen LogP contribution in [0.3, 0.4) is 0 Å². The lowest BCUT2D eigenvalue weighted by molar-refractivity contribution is 0.0951. The summed E-state index contributed by atoms with van der Waals surface area (Å²) in [6.45, 7) is 1.86. The van der Waals surface area contributed by atoms with Gasteiger partial charge in [-0.1, -0.05) is 35.3 Å². The number of sulfonamides is 1. The van der Waals surface area contributed by atoms with Crippen LogP contribution < -0.4 is 15.5 Å². The van der Waals surface area contributed by atoms with Crippen molar-refractivity contribution in [3.8, 4) is 11.3 Å². The van der Waals surface area contributed by atoms with Gasteiger partial charge in [0.1, 0.15) is 5.76 Å². The standard InChI is InChI=1S/C23H22Cl2N4O4S2/c1-35(31,32)29-12-10-28(11-13-29)19-5-3-2-4-18(19)26-23(34)27-22(30)21-9-8-20(33-21)16-7-6-15(24)14-17(16)25/h2-9,14H,10-13H2,1H3,(H2,26,27,30,34). The lowest BCUT2D eigenvalue weighted by Gasteiger charge is -2.35. The molecule has 0 unspecified atom stereocenters. The molecule has 2 N–H and O–H groups in total. The number of nitrogens with one attached hydrogen (secondary N) is 2. The first kappa shape index (κ1) is 25.5. The summed E-state index contributed by atoms with van der Waals surface area (Å²) in [6.07, 6.45) is 1.21. The maximum Gasteiger partial charge on any atom is 0.293 e. The highest BCUT2D eigenvalue weighted by molar-refractivity contribution is 7.88. The van der Waals surface area contributed by atoms with Gasteiger partial charge in [0.2, 0.25) is 10.0 Å². The quantitative estimate of drug-likeness (QED) is 0.451. The first-order chi connectivity index (χ1) is 16.6. The second-order valence-electron chi connectivity index (χ2n) is 7.86. The summed E-state index contributed by atoms with van der Waals surface area (Å²) in [4.78, 5) is 14.8. The molecule has 0 aliphatic carbocycles. The number of halogens is 2. The third-order valence-corrected chi connectivity index (χ3v) is 7.51. The van der Waals surface area contributed by atoms with Crippen molar-refractivity contribution in [1.82, 2.24) is 9.62 Å². The fraction of sp³-hybridized carbons (Fsp3) is 0.217. The van der Waals surface area contributed by atoms with Crippen molar-refractivity contribution in [3.63, 3.8) is 0 Å². The summed E-state index contributed by atoms with van der Waals surface area (Å²) < 4.78 is 30.7. The van der Waals surface area contributed by atoms with Crippen molar-refractivity contribution in [2.45, 2.75) is 0 Å². The second kappa shape index (κ2) is 10.5. The molecule has 1 saturated heterocycles. The summed E-state index contributed by atoms with van der Waals surface area (Å²) in [5, 5.41) is 6.67.